The summed E-state index contributed by atoms with van der Waals surface area (Å²) in [5.41, 5.74) is 0. The van der Waals surface area contributed by atoms with E-state index in [4.69, 9.17) is 16.9 Å². The van der Waals surface area contributed by atoms with Crippen molar-refractivity contribution >= 4 is 17.5 Å². The van der Waals surface area contributed by atoms with Crippen LogP contribution in [0, 0.1) is 11.3 Å². The maximum atomic E-state index is 10.7. The average Bonchev–Trinajstić information content (AvgIpc) is 1.99. The molecule has 0 atom stereocenters. The Bertz CT molecular complexity index is 153. The summed E-state index contributed by atoms with van der Waals surface area (Å²) in [6, 6.07) is 2.00. The van der Waals surface area contributed by atoms with Crippen LogP contribution in [0.3, 0.4) is 0 Å². The maximum Gasteiger partial charge on any atom is 0.221 e. The monoisotopic (exact) mass is 174 g/mol. The molecule has 0 unspecified atom stereocenters. The number of carbonyl (C=O) groups excluding carboxylic acids is 1. The van der Waals surface area contributed by atoms with Crippen molar-refractivity contribution < 1.29 is 4.79 Å². The molecular formula is C7H11ClN2O. The quantitative estimate of drug-likeness (QED) is 0.500. The minimum absolute atomic E-state index is 0.0436. The summed E-state index contributed by atoms with van der Waals surface area (Å²) < 4.78 is 0. The Morgan fingerprint density at radius 3 is 2.91 bits per heavy atom. The van der Waals surface area contributed by atoms with Crippen LogP contribution in [0.2, 0.25) is 0 Å². The highest BCUT2D eigenvalue weighted by atomic mass is 35.5. The third-order valence-corrected chi connectivity index (χ3v) is 1.30. The van der Waals surface area contributed by atoms with Crippen molar-refractivity contribution in [1.29, 1.82) is 5.26 Å². The first-order chi connectivity index (χ1) is 5.31. The summed E-state index contributed by atoms with van der Waals surface area (Å²) in [6.45, 7) is 0.573. The van der Waals surface area contributed by atoms with E-state index in [1.807, 2.05) is 6.07 Å². The van der Waals surface area contributed by atoms with Crippen LogP contribution in [0.15, 0.2) is 0 Å². The van der Waals surface area contributed by atoms with Crippen LogP contribution in [-0.4, -0.2) is 18.3 Å². The number of carbonyl (C=O) groups is 1. The number of hydrogen-bond donors (Lipinski definition) is 1. The molecule has 0 saturated carbocycles. The molecule has 0 aliphatic heterocycles. The van der Waals surface area contributed by atoms with Crippen molar-refractivity contribution in [2.45, 2.75) is 19.3 Å². The standard InChI is InChI=1S/C7H11ClN2O/c8-4-3-7(11)10-6-2-1-5-9/h1-4,6H2,(H,10,11). The molecule has 3 nitrogen and oxygen atoms in total. The molecule has 0 saturated heterocycles. The minimum atomic E-state index is -0.0436. The lowest BCUT2D eigenvalue weighted by Crippen LogP contribution is -2.24. The molecule has 1 N–H and O–H groups in total. The van der Waals surface area contributed by atoms with Gasteiger partial charge in [-0.05, 0) is 6.42 Å². The number of halogens is 1. The molecule has 0 heterocycles. The largest absolute Gasteiger partial charge is 0.356 e. The summed E-state index contributed by atoms with van der Waals surface area (Å²) in [7, 11) is 0. The van der Waals surface area contributed by atoms with Crippen molar-refractivity contribution in [3.8, 4) is 6.07 Å². The Hall–Kier alpha value is -0.750. The van der Waals surface area contributed by atoms with E-state index in [1.165, 1.54) is 0 Å². The third-order valence-electron chi connectivity index (χ3n) is 1.11. The lowest BCUT2D eigenvalue weighted by Gasteiger charge is -1.99. The van der Waals surface area contributed by atoms with Gasteiger partial charge in [0.25, 0.3) is 0 Å². The Labute approximate surface area is 71.3 Å². The predicted octanol–water partition coefficient (Wildman–Crippen LogP) is 1.04. The van der Waals surface area contributed by atoms with Crippen LogP contribution >= 0.6 is 11.6 Å². The summed E-state index contributed by atoms with van der Waals surface area (Å²) >= 11 is 5.32. The Morgan fingerprint density at radius 1 is 1.64 bits per heavy atom. The SMILES string of the molecule is N#CCCCNC(=O)CCCl. The van der Waals surface area contributed by atoms with E-state index >= 15 is 0 Å². The van der Waals surface area contributed by atoms with Crippen molar-refractivity contribution in [2.75, 3.05) is 12.4 Å². The van der Waals surface area contributed by atoms with Gasteiger partial charge >= 0.3 is 0 Å². The third kappa shape index (κ3) is 7.14. The van der Waals surface area contributed by atoms with E-state index in [0.717, 1.165) is 0 Å². The molecule has 0 rings (SSSR count). The Kier molecular flexibility index (Phi) is 6.86. The lowest BCUT2D eigenvalue weighted by atomic mass is 10.3. The number of unbranched alkanes of at least 4 members (excludes halogenated alkanes) is 1. The zero-order chi connectivity index (χ0) is 8.53. The number of amides is 1. The van der Waals surface area contributed by atoms with E-state index < -0.39 is 0 Å². The fourth-order valence-corrected chi connectivity index (χ4v) is 0.741. The second kappa shape index (κ2) is 7.36. The molecule has 0 aromatic heterocycles. The normalized spacial score (nSPS) is 8.73. The number of nitriles is 1. The van der Waals surface area contributed by atoms with E-state index in [2.05, 4.69) is 5.32 Å². The number of hydrogen-bond acceptors (Lipinski definition) is 2. The first-order valence-corrected chi connectivity index (χ1v) is 4.04. The van der Waals surface area contributed by atoms with Gasteiger partial charge in [-0.15, -0.1) is 11.6 Å². The second-order valence-electron chi connectivity index (χ2n) is 2.05. The van der Waals surface area contributed by atoms with Gasteiger partial charge in [0.15, 0.2) is 0 Å². The van der Waals surface area contributed by atoms with Crippen LogP contribution in [0.25, 0.3) is 0 Å². The summed E-state index contributed by atoms with van der Waals surface area (Å²) in [5, 5.41) is 10.8. The summed E-state index contributed by atoms with van der Waals surface area (Å²) in [5.74, 6) is 0.308. The van der Waals surface area contributed by atoms with Crippen LogP contribution in [0.4, 0.5) is 0 Å². The first-order valence-electron chi connectivity index (χ1n) is 3.51. The van der Waals surface area contributed by atoms with Crippen LogP contribution in [-0.2, 0) is 4.79 Å². The first kappa shape index (κ1) is 10.2. The lowest BCUT2D eigenvalue weighted by molar-refractivity contribution is -0.120. The zero-order valence-corrected chi connectivity index (χ0v) is 7.02. The van der Waals surface area contributed by atoms with E-state index in [-0.39, 0.29) is 5.91 Å². The highest BCUT2D eigenvalue weighted by molar-refractivity contribution is 6.18. The predicted molar refractivity (Wildman–Crippen MR) is 43.2 cm³/mol. The van der Waals surface area contributed by atoms with Crippen molar-refractivity contribution in [3.05, 3.63) is 0 Å². The molecular weight excluding hydrogens is 164 g/mol. The van der Waals surface area contributed by atoms with Gasteiger partial charge in [0.05, 0.1) is 6.07 Å². The Morgan fingerprint density at radius 2 is 2.36 bits per heavy atom. The molecule has 0 aromatic rings. The molecule has 0 fully saturated rings. The van der Waals surface area contributed by atoms with Crippen LogP contribution < -0.4 is 5.32 Å². The fourth-order valence-electron chi connectivity index (χ4n) is 0.569. The Balaban J connectivity index is 3.12. The van der Waals surface area contributed by atoms with Gasteiger partial charge in [-0.25, -0.2) is 0 Å². The van der Waals surface area contributed by atoms with E-state index in [9.17, 15) is 4.79 Å². The molecule has 11 heavy (non-hydrogen) atoms. The minimum Gasteiger partial charge on any atom is -0.356 e. The highest BCUT2D eigenvalue weighted by Gasteiger charge is 1.96. The van der Waals surface area contributed by atoms with Gasteiger partial charge in [0, 0.05) is 25.3 Å². The smallest absolute Gasteiger partial charge is 0.221 e. The molecule has 0 aliphatic carbocycles. The molecule has 1 amide bonds. The number of nitrogens with zero attached hydrogens (tertiary/aromatic N) is 1. The number of nitrogens with one attached hydrogen (secondary N) is 1. The molecule has 62 valence electrons. The highest BCUT2D eigenvalue weighted by Crippen LogP contribution is 1.86. The van der Waals surface area contributed by atoms with E-state index in [0.29, 0.717) is 31.7 Å². The van der Waals surface area contributed by atoms with Gasteiger partial charge in [0.2, 0.25) is 5.91 Å². The molecule has 4 heteroatoms. The van der Waals surface area contributed by atoms with Crippen molar-refractivity contribution in [3.63, 3.8) is 0 Å². The van der Waals surface area contributed by atoms with Crippen LogP contribution in [0.5, 0.6) is 0 Å². The fraction of sp³-hybridized carbons (Fsp3) is 0.714. The summed E-state index contributed by atoms with van der Waals surface area (Å²) in [6.07, 6.45) is 1.56. The van der Waals surface area contributed by atoms with Crippen LogP contribution in [0.1, 0.15) is 19.3 Å². The number of alkyl halides is 1. The topological polar surface area (TPSA) is 52.9 Å². The summed E-state index contributed by atoms with van der Waals surface area (Å²) in [4.78, 5) is 10.7. The molecule has 0 spiro atoms. The zero-order valence-electron chi connectivity index (χ0n) is 6.27. The molecule has 0 radical (unpaired) electrons. The van der Waals surface area contributed by atoms with Gasteiger partial charge in [-0.2, -0.15) is 5.26 Å². The maximum absolute atomic E-state index is 10.7. The molecule has 0 aliphatic rings. The van der Waals surface area contributed by atoms with Gasteiger partial charge in [0.1, 0.15) is 0 Å². The van der Waals surface area contributed by atoms with Crippen molar-refractivity contribution in [2.24, 2.45) is 0 Å². The van der Waals surface area contributed by atoms with Gasteiger partial charge < -0.3 is 5.32 Å². The van der Waals surface area contributed by atoms with Crippen molar-refractivity contribution in [1.82, 2.24) is 5.32 Å². The molecule has 0 bridgehead atoms. The second-order valence-corrected chi connectivity index (χ2v) is 2.43. The number of rotatable bonds is 5. The average molecular weight is 175 g/mol. The molecule has 0 aromatic carbocycles. The van der Waals surface area contributed by atoms with E-state index in [1.54, 1.807) is 0 Å². The van der Waals surface area contributed by atoms with Gasteiger partial charge in [-0.3, -0.25) is 4.79 Å². The van der Waals surface area contributed by atoms with Gasteiger partial charge in [-0.1, -0.05) is 0 Å².